The Morgan fingerprint density at radius 3 is 0.877 bits per heavy atom. The summed E-state index contributed by atoms with van der Waals surface area (Å²) in [5.41, 5.74) is 0. The molecule has 0 aromatic heterocycles. The number of unbranched alkanes of at least 4 members (excludes halogenated alkanes) is 57. The maximum Gasteiger partial charge on any atom is 0.305 e. The molecule has 1 amide bonds. The minimum atomic E-state index is -0.841. The summed E-state index contributed by atoms with van der Waals surface area (Å²) in [4.78, 5) is 24.6. The third-order valence-corrected chi connectivity index (χ3v) is 17.5. The standard InChI is InChI=1S/C75H145NO5/c1-3-5-7-9-11-13-15-17-19-36-41-45-49-53-57-61-65-69-75(80)81-70-66-62-58-54-50-46-42-38-35-33-31-29-27-25-23-21-22-24-26-28-30-32-34-37-40-44-48-52-56-60-64-68-74(79)76-72(71-77)73(78)67-63-59-55-51-47-43-39-20-18-16-14-12-10-8-6-4-2/h17,19,63,67,72-73,77-78H,3-16,18,20-62,64-66,68-71H2,1-2H3,(H,76,79)/b19-17-,67-63+. The van der Waals surface area contributed by atoms with E-state index in [0.29, 0.717) is 19.4 Å². The van der Waals surface area contributed by atoms with Crippen molar-refractivity contribution in [1.29, 1.82) is 0 Å². The van der Waals surface area contributed by atoms with Crippen molar-refractivity contribution in [3.63, 3.8) is 0 Å². The molecule has 0 aromatic rings. The Morgan fingerprint density at radius 1 is 0.333 bits per heavy atom. The highest BCUT2D eigenvalue weighted by atomic mass is 16.5. The van der Waals surface area contributed by atoms with Gasteiger partial charge in [0.2, 0.25) is 5.91 Å². The summed E-state index contributed by atoms with van der Waals surface area (Å²) >= 11 is 0. The summed E-state index contributed by atoms with van der Waals surface area (Å²) in [6.45, 7) is 4.94. The van der Waals surface area contributed by atoms with Crippen molar-refractivity contribution in [2.45, 2.75) is 431 Å². The summed E-state index contributed by atoms with van der Waals surface area (Å²) in [5.74, 6) is -0.0428. The lowest BCUT2D eigenvalue weighted by molar-refractivity contribution is -0.143. The minimum Gasteiger partial charge on any atom is -0.466 e. The van der Waals surface area contributed by atoms with Crippen molar-refractivity contribution >= 4 is 11.9 Å². The first kappa shape index (κ1) is 79.3. The third kappa shape index (κ3) is 67.3. The second kappa shape index (κ2) is 70.8. The van der Waals surface area contributed by atoms with Gasteiger partial charge in [-0.15, -0.1) is 0 Å². The van der Waals surface area contributed by atoms with E-state index in [-0.39, 0.29) is 18.5 Å². The molecule has 0 heterocycles. The summed E-state index contributed by atoms with van der Waals surface area (Å²) in [7, 11) is 0. The van der Waals surface area contributed by atoms with Gasteiger partial charge in [-0.3, -0.25) is 9.59 Å². The topological polar surface area (TPSA) is 95.9 Å². The van der Waals surface area contributed by atoms with Crippen LogP contribution >= 0.6 is 0 Å². The molecule has 0 bridgehead atoms. The van der Waals surface area contributed by atoms with Crippen molar-refractivity contribution < 1.29 is 24.5 Å². The molecule has 0 saturated carbocycles. The molecule has 6 heteroatoms. The predicted molar refractivity (Wildman–Crippen MR) is 356 cm³/mol. The molecule has 2 unspecified atom stereocenters. The zero-order valence-electron chi connectivity index (χ0n) is 55.0. The van der Waals surface area contributed by atoms with E-state index in [1.807, 2.05) is 6.08 Å². The number of hydrogen-bond acceptors (Lipinski definition) is 5. The van der Waals surface area contributed by atoms with Crippen LogP contribution in [0, 0.1) is 0 Å². The number of rotatable bonds is 70. The van der Waals surface area contributed by atoms with Gasteiger partial charge in [-0.25, -0.2) is 0 Å². The minimum absolute atomic E-state index is 0.0178. The molecule has 0 spiro atoms. The summed E-state index contributed by atoms with van der Waals surface area (Å²) in [6.07, 6.45) is 89.9. The van der Waals surface area contributed by atoms with Crippen molar-refractivity contribution in [2.75, 3.05) is 13.2 Å². The smallest absolute Gasteiger partial charge is 0.305 e. The molecular formula is C75H145NO5. The normalized spacial score (nSPS) is 12.6. The Labute approximate surface area is 507 Å². The SMILES string of the molecule is CCCCCCCC/C=C\CCCCCCCCCC(=O)OCCCCCCCCCCCCCCCCCCCCCCCCCCCCCCCCCC(=O)NC(CO)C(O)/C=C/CCCCCCCCCCCCCCCC. The van der Waals surface area contributed by atoms with E-state index in [9.17, 15) is 19.8 Å². The van der Waals surface area contributed by atoms with Crippen LogP contribution in [-0.2, 0) is 14.3 Å². The van der Waals surface area contributed by atoms with Crippen LogP contribution in [0.25, 0.3) is 0 Å². The van der Waals surface area contributed by atoms with Crippen LogP contribution < -0.4 is 5.32 Å². The summed E-state index contributed by atoms with van der Waals surface area (Å²) < 4.78 is 5.51. The molecule has 6 nitrogen and oxygen atoms in total. The van der Waals surface area contributed by atoms with Gasteiger partial charge in [-0.2, -0.15) is 0 Å². The zero-order chi connectivity index (χ0) is 58.5. The molecule has 81 heavy (non-hydrogen) atoms. The molecule has 0 fully saturated rings. The number of aliphatic hydroxyl groups excluding tert-OH is 2. The lowest BCUT2D eigenvalue weighted by atomic mass is 10.0. The number of aliphatic hydroxyl groups is 2. The van der Waals surface area contributed by atoms with Crippen molar-refractivity contribution in [3.05, 3.63) is 24.3 Å². The molecular weight excluding hydrogens is 995 g/mol. The van der Waals surface area contributed by atoms with E-state index in [0.717, 1.165) is 44.9 Å². The summed E-state index contributed by atoms with van der Waals surface area (Å²) in [6, 6.07) is -0.624. The number of hydrogen-bond donors (Lipinski definition) is 3. The van der Waals surface area contributed by atoms with Crippen LogP contribution in [0.15, 0.2) is 24.3 Å². The quantitative estimate of drug-likeness (QED) is 0.0320. The number of carbonyl (C=O) groups excluding carboxylic acids is 2. The van der Waals surface area contributed by atoms with Crippen LogP contribution in [0.3, 0.4) is 0 Å². The van der Waals surface area contributed by atoms with E-state index >= 15 is 0 Å². The lowest BCUT2D eigenvalue weighted by Gasteiger charge is -2.20. The molecule has 3 N–H and O–H groups in total. The van der Waals surface area contributed by atoms with Gasteiger partial charge in [0.1, 0.15) is 0 Å². The fourth-order valence-corrected chi connectivity index (χ4v) is 11.8. The molecule has 0 rings (SSSR count). The van der Waals surface area contributed by atoms with E-state index in [1.165, 1.54) is 347 Å². The molecule has 0 aliphatic carbocycles. The predicted octanol–water partition coefficient (Wildman–Crippen LogP) is 24.1. The first-order valence-electron chi connectivity index (χ1n) is 37.1. The average Bonchev–Trinajstić information content (AvgIpc) is 3.47. The highest BCUT2D eigenvalue weighted by molar-refractivity contribution is 5.76. The maximum atomic E-state index is 12.5. The van der Waals surface area contributed by atoms with E-state index in [1.54, 1.807) is 6.08 Å². The first-order valence-corrected chi connectivity index (χ1v) is 37.1. The Balaban J connectivity index is 3.33. The maximum absolute atomic E-state index is 12.5. The number of carbonyl (C=O) groups is 2. The largest absolute Gasteiger partial charge is 0.466 e. The van der Waals surface area contributed by atoms with Gasteiger partial charge >= 0.3 is 5.97 Å². The van der Waals surface area contributed by atoms with Crippen molar-refractivity contribution in [3.8, 4) is 0 Å². The number of amides is 1. The highest BCUT2D eigenvalue weighted by Gasteiger charge is 2.18. The van der Waals surface area contributed by atoms with Gasteiger partial charge < -0.3 is 20.3 Å². The molecule has 0 aliphatic rings. The van der Waals surface area contributed by atoms with Gasteiger partial charge in [0.15, 0.2) is 0 Å². The number of ether oxygens (including phenoxy) is 1. The number of esters is 1. The van der Waals surface area contributed by atoms with Crippen molar-refractivity contribution in [2.24, 2.45) is 0 Å². The summed E-state index contributed by atoms with van der Waals surface area (Å²) in [5, 5.41) is 23.2. The van der Waals surface area contributed by atoms with Crippen LogP contribution in [0.1, 0.15) is 418 Å². The molecule has 2 atom stereocenters. The fourth-order valence-electron chi connectivity index (χ4n) is 11.8. The zero-order valence-corrected chi connectivity index (χ0v) is 55.0. The van der Waals surface area contributed by atoms with Gasteiger partial charge in [0, 0.05) is 12.8 Å². The average molecular weight is 1140 g/mol. The monoisotopic (exact) mass is 1140 g/mol. The number of allylic oxidation sites excluding steroid dienone is 3. The highest BCUT2D eigenvalue weighted by Crippen LogP contribution is 2.19. The molecule has 480 valence electrons. The van der Waals surface area contributed by atoms with Gasteiger partial charge in [0.25, 0.3) is 0 Å². The number of nitrogens with one attached hydrogen (secondary N) is 1. The van der Waals surface area contributed by atoms with Crippen LogP contribution in [0.4, 0.5) is 0 Å². The van der Waals surface area contributed by atoms with Crippen LogP contribution in [0.5, 0.6) is 0 Å². The van der Waals surface area contributed by atoms with Crippen molar-refractivity contribution in [1.82, 2.24) is 5.32 Å². The van der Waals surface area contributed by atoms with Crippen LogP contribution in [-0.4, -0.2) is 47.4 Å². The van der Waals surface area contributed by atoms with Gasteiger partial charge in [-0.05, 0) is 57.8 Å². The Kier molecular flexibility index (Phi) is 69.4. The lowest BCUT2D eigenvalue weighted by Crippen LogP contribution is -2.45. The molecule has 0 saturated heterocycles. The second-order valence-corrected chi connectivity index (χ2v) is 25.6. The van der Waals surface area contributed by atoms with Gasteiger partial charge in [0.05, 0.1) is 25.4 Å². The van der Waals surface area contributed by atoms with E-state index < -0.39 is 12.1 Å². The Bertz CT molecular complexity index is 1270. The molecule has 0 radical (unpaired) electrons. The second-order valence-electron chi connectivity index (χ2n) is 25.6. The first-order chi connectivity index (χ1) is 40.0. The van der Waals surface area contributed by atoms with Gasteiger partial charge in [-0.1, -0.05) is 372 Å². The van der Waals surface area contributed by atoms with Crippen LogP contribution in [0.2, 0.25) is 0 Å². The van der Waals surface area contributed by atoms with E-state index in [4.69, 9.17) is 4.74 Å². The fraction of sp³-hybridized carbons (Fsp3) is 0.920. The molecule has 0 aromatic carbocycles. The Hall–Kier alpha value is -1.66. The van der Waals surface area contributed by atoms with E-state index in [2.05, 4.69) is 31.3 Å². The molecule has 0 aliphatic heterocycles. The third-order valence-electron chi connectivity index (χ3n) is 17.5. The Morgan fingerprint density at radius 2 is 0.580 bits per heavy atom.